The highest BCUT2D eigenvalue weighted by Crippen LogP contribution is 2.25. The number of rotatable bonds is 4. The number of aromatic nitrogens is 1. The van der Waals surface area contributed by atoms with Crippen molar-refractivity contribution >= 4 is 36.5 Å². The smallest absolute Gasteiger partial charge is 0.420 e. The summed E-state index contributed by atoms with van der Waals surface area (Å²) < 4.78 is 30.3. The van der Waals surface area contributed by atoms with Crippen molar-refractivity contribution in [1.82, 2.24) is 4.57 Å². The van der Waals surface area contributed by atoms with Crippen LogP contribution < -0.4 is 21.1 Å². The van der Waals surface area contributed by atoms with E-state index in [2.05, 4.69) is 21.7 Å². The highest BCUT2D eigenvalue weighted by Gasteiger charge is 2.27. The van der Waals surface area contributed by atoms with Crippen LogP contribution in [0.15, 0.2) is 41.3 Å². The summed E-state index contributed by atoms with van der Waals surface area (Å²) in [6.45, 7) is 0. The van der Waals surface area contributed by atoms with Crippen molar-refractivity contribution in [3.05, 3.63) is 52.4 Å². The lowest BCUT2D eigenvalue weighted by Gasteiger charge is -2.11. The van der Waals surface area contributed by atoms with Crippen LogP contribution in [0.3, 0.4) is 0 Å². The maximum Gasteiger partial charge on any atom is 0.487 e. The molecule has 0 unspecified atom stereocenters. The van der Waals surface area contributed by atoms with Crippen molar-refractivity contribution in [3.8, 4) is 5.75 Å². The van der Waals surface area contributed by atoms with E-state index < -0.39 is 17.0 Å². The number of carbonyl (C=O) groups excluding carboxylic acids is 1. The predicted octanol–water partition coefficient (Wildman–Crippen LogP) is 1.60. The third-order valence-electron chi connectivity index (χ3n) is 2.82. The minimum absolute atomic E-state index is 0.0618. The molecule has 1 aromatic carbocycles. The lowest BCUT2D eigenvalue weighted by Crippen LogP contribution is -2.34. The number of anilines is 1. The first kappa shape index (κ1) is 17.0. The van der Waals surface area contributed by atoms with E-state index >= 15 is 0 Å². The Kier molecular flexibility index (Phi) is 4.75. The van der Waals surface area contributed by atoms with Crippen molar-refractivity contribution in [2.45, 2.75) is 5.57 Å². The van der Waals surface area contributed by atoms with Crippen LogP contribution in [0.5, 0.6) is 5.75 Å². The van der Waals surface area contributed by atoms with E-state index in [0.29, 0.717) is 5.69 Å². The molecule has 0 spiro atoms. The van der Waals surface area contributed by atoms with Gasteiger partial charge in [-0.2, -0.15) is 0 Å². The fourth-order valence-corrected chi connectivity index (χ4v) is 1.89. The monoisotopic (exact) mass is 338 g/mol. The highest BCUT2D eigenvalue weighted by molar-refractivity contribution is 6.32. The van der Waals surface area contributed by atoms with Gasteiger partial charge in [-0.05, 0) is 35.8 Å². The van der Waals surface area contributed by atoms with Crippen molar-refractivity contribution < 1.29 is 18.3 Å². The van der Waals surface area contributed by atoms with Gasteiger partial charge in [-0.3, -0.25) is 9.59 Å². The fraction of sp³-hybridized carbons (Fsp3) is 0.143. The van der Waals surface area contributed by atoms with Crippen LogP contribution in [0.4, 0.5) is 14.5 Å². The molecule has 0 saturated heterocycles. The molecule has 118 valence electrons. The molecule has 0 fully saturated rings. The zero-order valence-electron chi connectivity index (χ0n) is 11.8. The molecule has 0 bridgehead atoms. The third kappa shape index (κ3) is 4.56. The summed E-state index contributed by atoms with van der Waals surface area (Å²) in [6, 6.07) is 6.42. The minimum atomic E-state index is -3.81. The van der Waals surface area contributed by atoms with Gasteiger partial charge in [0.1, 0.15) is 13.6 Å². The summed E-state index contributed by atoms with van der Waals surface area (Å²) in [5.41, 5.74) is -3.76. The molecule has 2 rings (SSSR count). The lowest BCUT2D eigenvalue weighted by atomic mass is 9.96. The number of aryl methyl sites for hydroxylation is 1. The van der Waals surface area contributed by atoms with E-state index in [-0.39, 0.29) is 16.8 Å². The Hall–Kier alpha value is -2.35. The first-order valence-electron chi connectivity index (χ1n) is 6.29. The summed E-state index contributed by atoms with van der Waals surface area (Å²) in [6.07, 6.45) is 1.33. The summed E-state index contributed by atoms with van der Waals surface area (Å²) >= 11 is 4.65. The average Bonchev–Trinajstić information content (AvgIpc) is 2.44. The number of nitrogens with one attached hydrogen (secondary N) is 1. The predicted molar refractivity (Wildman–Crippen MR) is 82.9 cm³/mol. The molecule has 0 aliphatic rings. The van der Waals surface area contributed by atoms with Crippen LogP contribution in [-0.4, -0.2) is 23.9 Å². The molecule has 23 heavy (non-hydrogen) atoms. The molecule has 5 nitrogen and oxygen atoms in total. The number of hydrogen-bond acceptors (Lipinski definition) is 3. The zero-order valence-corrected chi connectivity index (χ0v) is 12.6. The van der Waals surface area contributed by atoms with Crippen LogP contribution in [0, 0.1) is 0 Å². The molecule has 0 saturated carbocycles. The van der Waals surface area contributed by atoms with Crippen molar-refractivity contribution in [2.24, 2.45) is 7.05 Å². The molecule has 1 heterocycles. The Bertz CT molecular complexity index is 762. The number of ether oxygens (including phenoxy) is 1. The fourth-order valence-electron chi connectivity index (χ4n) is 1.80. The second-order valence-corrected chi connectivity index (χ2v) is 5.07. The highest BCUT2D eigenvalue weighted by atomic mass is 35.5. The Morgan fingerprint density at radius 2 is 1.96 bits per heavy atom. The number of carbonyl (C=O) groups is 1. The SMILES string of the molecule is [B]c1cc(C(=O)Nc2ccc(OC(F)(F)Cl)cc2)cn(C)c1=O. The standard InChI is InChI=1S/C14H10BClF2N2O3/c1-20-7-8(6-11(15)13(20)22)12(21)19-9-2-4-10(5-3-9)23-14(16,17)18/h2-7H,1H3,(H,19,21). The first-order valence-corrected chi connectivity index (χ1v) is 6.67. The number of benzene rings is 1. The number of alkyl halides is 3. The van der Waals surface area contributed by atoms with Crippen LogP contribution in [-0.2, 0) is 7.05 Å². The Balaban J connectivity index is 2.13. The second-order valence-electron chi connectivity index (χ2n) is 4.63. The summed E-state index contributed by atoms with van der Waals surface area (Å²) in [5.74, 6) is -0.669. The molecule has 0 atom stereocenters. The van der Waals surface area contributed by atoms with Gasteiger partial charge in [0.15, 0.2) is 0 Å². The third-order valence-corrected chi connectivity index (χ3v) is 2.90. The van der Waals surface area contributed by atoms with Crippen molar-refractivity contribution in [2.75, 3.05) is 5.32 Å². The number of hydrogen-bond donors (Lipinski definition) is 1. The molecule has 2 radical (unpaired) electrons. The quantitative estimate of drug-likeness (QED) is 0.680. The summed E-state index contributed by atoms with van der Waals surface area (Å²) in [4.78, 5) is 23.6. The molecule has 0 aliphatic carbocycles. The summed E-state index contributed by atoms with van der Waals surface area (Å²) in [5, 5.41) is 2.54. The number of halogens is 3. The molecule has 1 aromatic heterocycles. The number of nitrogens with zero attached hydrogens (tertiary/aromatic N) is 1. The normalized spacial score (nSPS) is 11.1. The number of amides is 1. The van der Waals surface area contributed by atoms with Gasteiger partial charge < -0.3 is 14.6 Å². The van der Waals surface area contributed by atoms with Crippen LogP contribution in [0.2, 0.25) is 0 Å². The molecule has 1 N–H and O–H groups in total. The summed E-state index contributed by atoms with van der Waals surface area (Å²) in [7, 11) is 6.98. The minimum Gasteiger partial charge on any atom is -0.420 e. The van der Waals surface area contributed by atoms with Crippen LogP contribution in [0.25, 0.3) is 0 Å². The van der Waals surface area contributed by atoms with E-state index in [0.717, 1.165) is 0 Å². The van der Waals surface area contributed by atoms with E-state index in [9.17, 15) is 18.4 Å². The molecule has 2 aromatic rings. The van der Waals surface area contributed by atoms with Crippen LogP contribution >= 0.6 is 11.6 Å². The maximum atomic E-state index is 12.5. The topological polar surface area (TPSA) is 60.3 Å². The van der Waals surface area contributed by atoms with Gasteiger partial charge in [-0.25, -0.2) is 0 Å². The molecule has 9 heteroatoms. The van der Waals surface area contributed by atoms with Gasteiger partial charge in [0.2, 0.25) is 5.56 Å². The molecule has 1 amide bonds. The van der Waals surface area contributed by atoms with E-state index in [1.807, 2.05) is 0 Å². The van der Waals surface area contributed by atoms with Gasteiger partial charge >= 0.3 is 5.57 Å². The van der Waals surface area contributed by atoms with E-state index in [4.69, 9.17) is 7.85 Å². The average molecular weight is 339 g/mol. The Morgan fingerprint density at radius 1 is 1.35 bits per heavy atom. The number of pyridine rings is 1. The van der Waals surface area contributed by atoms with Crippen molar-refractivity contribution in [1.29, 1.82) is 0 Å². The maximum absolute atomic E-state index is 12.5. The van der Waals surface area contributed by atoms with Crippen molar-refractivity contribution in [3.63, 3.8) is 0 Å². The molecular formula is C14H10BClF2N2O3. The van der Waals surface area contributed by atoms with Gasteiger partial charge in [0.25, 0.3) is 5.91 Å². The Labute approximate surface area is 136 Å². The first-order chi connectivity index (χ1) is 10.7. The van der Waals surface area contributed by atoms with E-state index in [1.54, 1.807) is 0 Å². The zero-order chi connectivity index (χ0) is 17.2. The van der Waals surface area contributed by atoms with Gasteiger partial charge in [-0.15, -0.1) is 8.78 Å². The van der Waals surface area contributed by atoms with Gasteiger partial charge in [0.05, 0.1) is 5.56 Å². The molecular weight excluding hydrogens is 328 g/mol. The van der Waals surface area contributed by atoms with Crippen LogP contribution in [0.1, 0.15) is 10.4 Å². The van der Waals surface area contributed by atoms with Gasteiger partial charge in [-0.1, -0.05) is 0 Å². The van der Waals surface area contributed by atoms with Gasteiger partial charge in [0, 0.05) is 30.5 Å². The lowest BCUT2D eigenvalue weighted by molar-refractivity contribution is -0.0964. The molecule has 0 aliphatic heterocycles. The largest absolute Gasteiger partial charge is 0.487 e. The second kappa shape index (κ2) is 6.41. The van der Waals surface area contributed by atoms with E-state index in [1.165, 1.54) is 48.1 Å². The Morgan fingerprint density at radius 3 is 2.48 bits per heavy atom.